The zero-order valence-corrected chi connectivity index (χ0v) is 11.2. The Balaban J connectivity index is 1.77. The topological polar surface area (TPSA) is 50.7 Å². The molecule has 1 N–H and O–H groups in total. The molecule has 3 rings (SSSR count). The Hall–Kier alpha value is -2.82. The fourth-order valence-electron chi connectivity index (χ4n) is 1.92. The summed E-state index contributed by atoms with van der Waals surface area (Å²) in [5.74, 6) is 1.00. The van der Waals surface area contributed by atoms with Gasteiger partial charge in [-0.1, -0.05) is 18.2 Å². The lowest BCUT2D eigenvalue weighted by Crippen LogP contribution is -2.04. The van der Waals surface area contributed by atoms with E-state index in [-0.39, 0.29) is 5.82 Å². The molecule has 0 bridgehead atoms. The maximum Gasteiger partial charge on any atom is 0.163 e. The van der Waals surface area contributed by atoms with Crippen LogP contribution in [0.1, 0.15) is 5.56 Å². The van der Waals surface area contributed by atoms with E-state index < -0.39 is 0 Å². The van der Waals surface area contributed by atoms with E-state index in [4.69, 9.17) is 0 Å². The van der Waals surface area contributed by atoms with Crippen molar-refractivity contribution in [1.29, 1.82) is 0 Å². The Morgan fingerprint density at radius 1 is 1.00 bits per heavy atom. The minimum Gasteiger partial charge on any atom is -0.366 e. The molecular formula is C16H13FN4. The lowest BCUT2D eigenvalue weighted by atomic mass is 10.2. The van der Waals surface area contributed by atoms with Gasteiger partial charge in [0, 0.05) is 36.3 Å². The normalized spacial score (nSPS) is 10.3. The number of nitrogens with zero attached hydrogens (tertiary/aromatic N) is 3. The Morgan fingerprint density at radius 2 is 1.90 bits per heavy atom. The van der Waals surface area contributed by atoms with Gasteiger partial charge >= 0.3 is 0 Å². The number of hydrogen-bond donors (Lipinski definition) is 1. The van der Waals surface area contributed by atoms with Crippen LogP contribution in [-0.2, 0) is 6.54 Å². The highest BCUT2D eigenvalue weighted by atomic mass is 19.1. The quantitative estimate of drug-likeness (QED) is 0.796. The number of aromatic nitrogens is 3. The Labute approximate surface area is 121 Å². The van der Waals surface area contributed by atoms with Gasteiger partial charge in [-0.05, 0) is 24.3 Å². The number of anilines is 1. The number of benzene rings is 1. The summed E-state index contributed by atoms with van der Waals surface area (Å²) in [5, 5.41) is 3.10. The molecule has 0 saturated heterocycles. The monoisotopic (exact) mass is 280 g/mol. The molecule has 0 fully saturated rings. The summed E-state index contributed by atoms with van der Waals surface area (Å²) in [6, 6.07) is 12.1. The van der Waals surface area contributed by atoms with Crippen molar-refractivity contribution >= 4 is 5.82 Å². The Kier molecular flexibility index (Phi) is 3.82. The molecule has 0 aliphatic heterocycles. The summed E-state index contributed by atoms with van der Waals surface area (Å²) in [4.78, 5) is 12.7. The average Bonchev–Trinajstić information content (AvgIpc) is 2.55. The lowest BCUT2D eigenvalue weighted by Gasteiger charge is -2.07. The van der Waals surface area contributed by atoms with Crippen LogP contribution in [0.25, 0.3) is 11.4 Å². The third kappa shape index (κ3) is 3.20. The van der Waals surface area contributed by atoms with Crippen molar-refractivity contribution in [2.75, 3.05) is 5.32 Å². The van der Waals surface area contributed by atoms with Gasteiger partial charge in [-0.25, -0.2) is 14.4 Å². The van der Waals surface area contributed by atoms with E-state index in [1.54, 1.807) is 42.9 Å². The molecule has 0 aliphatic carbocycles. The molecule has 0 amide bonds. The van der Waals surface area contributed by atoms with Gasteiger partial charge in [0.25, 0.3) is 0 Å². The molecule has 0 spiro atoms. The molecule has 3 aromatic rings. The molecule has 0 radical (unpaired) electrons. The molecule has 5 heteroatoms. The van der Waals surface area contributed by atoms with E-state index in [2.05, 4.69) is 20.3 Å². The predicted molar refractivity (Wildman–Crippen MR) is 79.0 cm³/mol. The van der Waals surface area contributed by atoms with E-state index in [1.807, 2.05) is 12.1 Å². The van der Waals surface area contributed by atoms with Crippen molar-refractivity contribution in [1.82, 2.24) is 15.0 Å². The molecule has 2 aromatic heterocycles. The second-order valence-electron chi connectivity index (χ2n) is 4.45. The molecule has 104 valence electrons. The van der Waals surface area contributed by atoms with E-state index in [0.29, 0.717) is 23.8 Å². The third-order valence-electron chi connectivity index (χ3n) is 2.99. The summed E-state index contributed by atoms with van der Waals surface area (Å²) >= 11 is 0. The molecular weight excluding hydrogens is 267 g/mol. The number of hydrogen-bond acceptors (Lipinski definition) is 4. The van der Waals surface area contributed by atoms with Crippen LogP contribution in [0, 0.1) is 5.82 Å². The first-order chi connectivity index (χ1) is 10.3. The number of pyridine rings is 1. The van der Waals surface area contributed by atoms with Crippen LogP contribution >= 0.6 is 0 Å². The van der Waals surface area contributed by atoms with Gasteiger partial charge in [0.2, 0.25) is 0 Å². The molecule has 0 unspecified atom stereocenters. The predicted octanol–water partition coefficient (Wildman–Crippen LogP) is 3.29. The molecule has 0 saturated carbocycles. The van der Waals surface area contributed by atoms with Gasteiger partial charge < -0.3 is 5.32 Å². The first-order valence-corrected chi connectivity index (χ1v) is 6.53. The maximum atomic E-state index is 13.6. The van der Waals surface area contributed by atoms with Crippen LogP contribution in [-0.4, -0.2) is 15.0 Å². The number of rotatable bonds is 4. The van der Waals surface area contributed by atoms with E-state index in [0.717, 1.165) is 5.56 Å². The minimum atomic E-state index is -0.230. The van der Waals surface area contributed by atoms with Gasteiger partial charge in [-0.15, -0.1) is 0 Å². The van der Waals surface area contributed by atoms with E-state index >= 15 is 0 Å². The van der Waals surface area contributed by atoms with Crippen molar-refractivity contribution in [3.8, 4) is 11.4 Å². The summed E-state index contributed by atoms with van der Waals surface area (Å²) < 4.78 is 13.6. The minimum absolute atomic E-state index is 0.230. The second kappa shape index (κ2) is 6.09. The molecule has 0 atom stereocenters. The Morgan fingerprint density at radius 3 is 2.71 bits per heavy atom. The van der Waals surface area contributed by atoms with Crippen LogP contribution in [0.15, 0.2) is 61.1 Å². The summed E-state index contributed by atoms with van der Waals surface area (Å²) in [7, 11) is 0. The van der Waals surface area contributed by atoms with Crippen LogP contribution in [0.5, 0.6) is 0 Å². The maximum absolute atomic E-state index is 13.6. The first kappa shape index (κ1) is 13.2. The SMILES string of the molecule is Fc1ccccc1CNc1ccnc(-c2cccnc2)n1. The number of halogens is 1. The highest BCUT2D eigenvalue weighted by Gasteiger charge is 2.04. The van der Waals surface area contributed by atoms with Crippen molar-refractivity contribution in [2.24, 2.45) is 0 Å². The lowest BCUT2D eigenvalue weighted by molar-refractivity contribution is 0.613. The zero-order chi connectivity index (χ0) is 14.5. The van der Waals surface area contributed by atoms with Gasteiger partial charge in [0.15, 0.2) is 5.82 Å². The summed E-state index contributed by atoms with van der Waals surface area (Å²) in [5.41, 5.74) is 1.44. The molecule has 0 aliphatic rings. The van der Waals surface area contributed by atoms with Crippen molar-refractivity contribution in [2.45, 2.75) is 6.54 Å². The molecule has 4 nitrogen and oxygen atoms in total. The van der Waals surface area contributed by atoms with Crippen LogP contribution in [0.2, 0.25) is 0 Å². The fourth-order valence-corrected chi connectivity index (χ4v) is 1.92. The average molecular weight is 280 g/mol. The zero-order valence-electron chi connectivity index (χ0n) is 11.2. The van der Waals surface area contributed by atoms with Gasteiger partial charge in [0.05, 0.1) is 0 Å². The highest BCUT2D eigenvalue weighted by Crippen LogP contribution is 2.15. The largest absolute Gasteiger partial charge is 0.366 e. The Bertz CT molecular complexity index is 731. The van der Waals surface area contributed by atoms with Crippen LogP contribution < -0.4 is 5.32 Å². The molecule has 1 aromatic carbocycles. The summed E-state index contributed by atoms with van der Waals surface area (Å²) in [6.45, 7) is 0.371. The van der Waals surface area contributed by atoms with Gasteiger partial charge in [0.1, 0.15) is 11.6 Å². The summed E-state index contributed by atoms with van der Waals surface area (Å²) in [6.07, 6.45) is 5.07. The first-order valence-electron chi connectivity index (χ1n) is 6.53. The second-order valence-corrected chi connectivity index (χ2v) is 4.45. The van der Waals surface area contributed by atoms with E-state index in [1.165, 1.54) is 6.07 Å². The molecule has 2 heterocycles. The standard InChI is InChI=1S/C16H13FN4/c17-14-6-2-1-4-12(14)11-20-15-7-9-19-16(21-15)13-5-3-8-18-10-13/h1-10H,11H2,(H,19,20,21). The van der Waals surface area contributed by atoms with Crippen molar-refractivity contribution < 1.29 is 4.39 Å². The molecule has 21 heavy (non-hydrogen) atoms. The van der Waals surface area contributed by atoms with Gasteiger partial charge in [-0.3, -0.25) is 4.98 Å². The highest BCUT2D eigenvalue weighted by molar-refractivity contribution is 5.55. The van der Waals surface area contributed by atoms with Crippen molar-refractivity contribution in [3.05, 3.63) is 72.4 Å². The van der Waals surface area contributed by atoms with Crippen LogP contribution in [0.4, 0.5) is 10.2 Å². The fraction of sp³-hybridized carbons (Fsp3) is 0.0625. The van der Waals surface area contributed by atoms with Gasteiger partial charge in [-0.2, -0.15) is 0 Å². The van der Waals surface area contributed by atoms with E-state index in [9.17, 15) is 4.39 Å². The third-order valence-corrected chi connectivity index (χ3v) is 2.99. The number of nitrogens with one attached hydrogen (secondary N) is 1. The van der Waals surface area contributed by atoms with Crippen molar-refractivity contribution in [3.63, 3.8) is 0 Å². The van der Waals surface area contributed by atoms with Crippen LogP contribution in [0.3, 0.4) is 0 Å². The smallest absolute Gasteiger partial charge is 0.163 e.